The predicted molar refractivity (Wildman–Crippen MR) is 133 cm³/mol. The Morgan fingerprint density at radius 1 is 1.00 bits per heavy atom. The van der Waals surface area contributed by atoms with Crippen molar-refractivity contribution < 1.29 is 18.7 Å². The zero-order valence-electron chi connectivity index (χ0n) is 19.0. The third-order valence-corrected chi connectivity index (χ3v) is 7.32. The number of carbonyl (C=O) groups excluding carboxylic acids is 2. The number of thiophene rings is 1. The number of aryl methyl sites for hydroxylation is 1. The maximum absolute atomic E-state index is 13.4. The highest BCUT2D eigenvalue weighted by atomic mass is 32.1. The molecule has 174 valence electrons. The number of anilines is 1. The Morgan fingerprint density at radius 2 is 1.76 bits per heavy atom. The molecule has 0 aliphatic heterocycles. The molecular weight excluding hydrogens is 448 g/mol. The van der Waals surface area contributed by atoms with Crippen LogP contribution in [0.1, 0.15) is 55.3 Å². The van der Waals surface area contributed by atoms with Crippen LogP contribution in [-0.2, 0) is 30.7 Å². The molecule has 0 saturated heterocycles. The lowest BCUT2D eigenvalue weighted by atomic mass is 9.95. The van der Waals surface area contributed by atoms with E-state index in [9.17, 15) is 9.59 Å². The highest BCUT2D eigenvalue weighted by Crippen LogP contribution is 2.39. The number of para-hydroxylation sites is 1. The van der Waals surface area contributed by atoms with Crippen LogP contribution in [0.5, 0.6) is 0 Å². The average molecular weight is 475 g/mol. The van der Waals surface area contributed by atoms with Crippen molar-refractivity contribution in [3.05, 3.63) is 87.5 Å². The first kappa shape index (κ1) is 22.4. The highest BCUT2D eigenvalue weighted by molar-refractivity contribution is 7.17. The molecule has 1 aliphatic rings. The Balaban J connectivity index is 1.45. The first-order chi connectivity index (χ1) is 16.7. The summed E-state index contributed by atoms with van der Waals surface area (Å²) in [6.45, 7) is 0.685. The van der Waals surface area contributed by atoms with Crippen LogP contribution in [0.15, 0.2) is 59.0 Å². The topological polar surface area (TPSA) is 80.6 Å². The zero-order chi connectivity index (χ0) is 23.5. The Labute approximate surface area is 201 Å². The molecule has 4 aromatic rings. The van der Waals surface area contributed by atoms with Gasteiger partial charge in [-0.3, -0.25) is 9.59 Å². The van der Waals surface area contributed by atoms with Gasteiger partial charge in [-0.15, -0.1) is 11.3 Å². The Morgan fingerprint density at radius 3 is 2.59 bits per heavy atom. The number of nitrogens with one attached hydrogen (secondary N) is 2. The second-order valence-corrected chi connectivity index (χ2v) is 9.48. The van der Waals surface area contributed by atoms with E-state index >= 15 is 0 Å². The molecule has 2 aromatic carbocycles. The van der Waals surface area contributed by atoms with Gasteiger partial charge in [0.15, 0.2) is 5.76 Å². The molecule has 0 fully saturated rings. The van der Waals surface area contributed by atoms with Gasteiger partial charge in [0.2, 0.25) is 0 Å². The summed E-state index contributed by atoms with van der Waals surface area (Å²) in [6.07, 6.45) is 3.90. The van der Waals surface area contributed by atoms with E-state index in [4.69, 9.17) is 9.15 Å². The van der Waals surface area contributed by atoms with Gasteiger partial charge in [-0.25, -0.2) is 0 Å². The van der Waals surface area contributed by atoms with E-state index in [2.05, 4.69) is 10.6 Å². The number of ether oxygens (including phenoxy) is 1. The minimum absolute atomic E-state index is 0.166. The molecule has 34 heavy (non-hydrogen) atoms. The number of carbonyl (C=O) groups is 2. The monoisotopic (exact) mass is 474 g/mol. The van der Waals surface area contributed by atoms with Crippen molar-refractivity contribution in [1.29, 1.82) is 0 Å². The molecule has 6 nitrogen and oxygen atoms in total. The molecule has 1 aliphatic carbocycles. The maximum Gasteiger partial charge on any atom is 0.292 e. The SMILES string of the molecule is COCc1c(C(=O)Nc2sc3c(c2C(=O)NCc2ccccc2)CCCC3)oc2ccccc12. The lowest BCUT2D eigenvalue weighted by Crippen LogP contribution is -2.25. The molecule has 0 saturated carbocycles. The third kappa shape index (κ3) is 4.36. The fraction of sp³-hybridized carbons (Fsp3) is 0.259. The molecule has 0 bridgehead atoms. The molecule has 2 aromatic heterocycles. The number of hydrogen-bond donors (Lipinski definition) is 2. The van der Waals surface area contributed by atoms with Gasteiger partial charge in [0.1, 0.15) is 10.6 Å². The minimum Gasteiger partial charge on any atom is -0.451 e. The van der Waals surface area contributed by atoms with Crippen LogP contribution >= 0.6 is 11.3 Å². The second-order valence-electron chi connectivity index (χ2n) is 8.38. The van der Waals surface area contributed by atoms with Crippen LogP contribution in [0.4, 0.5) is 5.00 Å². The third-order valence-electron chi connectivity index (χ3n) is 6.11. The van der Waals surface area contributed by atoms with Crippen molar-refractivity contribution in [3.63, 3.8) is 0 Å². The van der Waals surface area contributed by atoms with Crippen LogP contribution in [-0.4, -0.2) is 18.9 Å². The van der Waals surface area contributed by atoms with Crippen molar-refractivity contribution in [2.75, 3.05) is 12.4 Å². The minimum atomic E-state index is -0.376. The Bertz CT molecular complexity index is 1340. The number of fused-ring (bicyclic) bond motifs is 2. The van der Waals surface area contributed by atoms with Crippen molar-refractivity contribution in [2.24, 2.45) is 0 Å². The summed E-state index contributed by atoms with van der Waals surface area (Å²) in [5, 5.41) is 7.45. The highest BCUT2D eigenvalue weighted by Gasteiger charge is 2.28. The summed E-state index contributed by atoms with van der Waals surface area (Å²) in [6, 6.07) is 17.3. The molecule has 7 heteroatoms. The van der Waals surface area contributed by atoms with Gasteiger partial charge in [-0.1, -0.05) is 48.5 Å². The summed E-state index contributed by atoms with van der Waals surface area (Å²) < 4.78 is 11.2. The zero-order valence-corrected chi connectivity index (χ0v) is 19.8. The Kier molecular flexibility index (Phi) is 6.47. The normalized spacial score (nSPS) is 13.0. The first-order valence-corrected chi connectivity index (χ1v) is 12.2. The molecule has 0 radical (unpaired) electrons. The number of furan rings is 1. The van der Waals surface area contributed by atoms with Gasteiger partial charge in [-0.05, 0) is 42.9 Å². The van der Waals surface area contributed by atoms with E-state index in [1.165, 1.54) is 16.2 Å². The van der Waals surface area contributed by atoms with E-state index < -0.39 is 0 Å². The molecule has 2 amide bonds. The largest absolute Gasteiger partial charge is 0.451 e. The average Bonchev–Trinajstić information content (AvgIpc) is 3.42. The van der Waals surface area contributed by atoms with Crippen LogP contribution in [0.2, 0.25) is 0 Å². The van der Waals surface area contributed by atoms with Crippen molar-refractivity contribution in [2.45, 2.75) is 38.8 Å². The van der Waals surface area contributed by atoms with Crippen molar-refractivity contribution in [1.82, 2.24) is 5.32 Å². The van der Waals surface area contributed by atoms with Crippen LogP contribution < -0.4 is 10.6 Å². The lowest BCUT2D eigenvalue weighted by molar-refractivity contribution is 0.0951. The summed E-state index contributed by atoms with van der Waals surface area (Å²) in [5.74, 6) is -0.329. The molecule has 5 rings (SSSR count). The van der Waals surface area contributed by atoms with Crippen LogP contribution in [0.25, 0.3) is 11.0 Å². The van der Waals surface area contributed by atoms with Gasteiger partial charge in [-0.2, -0.15) is 0 Å². The van der Waals surface area contributed by atoms with E-state index in [0.29, 0.717) is 28.3 Å². The fourth-order valence-corrected chi connectivity index (χ4v) is 5.77. The molecule has 0 atom stereocenters. The van der Waals surface area contributed by atoms with E-state index in [1.807, 2.05) is 54.6 Å². The van der Waals surface area contributed by atoms with Crippen molar-refractivity contribution in [3.8, 4) is 0 Å². The predicted octanol–water partition coefficient (Wildman–Crippen LogP) is 5.70. The number of benzene rings is 2. The lowest BCUT2D eigenvalue weighted by Gasteiger charge is -2.13. The number of methoxy groups -OCH3 is 1. The summed E-state index contributed by atoms with van der Waals surface area (Å²) in [5.41, 5.74) is 3.99. The quantitative estimate of drug-likeness (QED) is 0.360. The van der Waals surface area contributed by atoms with Gasteiger partial charge in [0.05, 0.1) is 12.2 Å². The maximum atomic E-state index is 13.4. The summed E-state index contributed by atoms with van der Waals surface area (Å²) in [7, 11) is 1.59. The van der Waals surface area contributed by atoms with Crippen LogP contribution in [0.3, 0.4) is 0 Å². The fourth-order valence-electron chi connectivity index (χ4n) is 4.49. The first-order valence-electron chi connectivity index (χ1n) is 11.4. The Hall–Kier alpha value is -3.42. The van der Waals surface area contributed by atoms with Crippen molar-refractivity contribution >= 4 is 39.1 Å². The number of hydrogen-bond acceptors (Lipinski definition) is 5. The molecular formula is C27H26N2O4S. The standard InChI is InChI=1S/C27H26N2O4S/c1-32-16-20-18-11-5-7-13-21(18)33-24(20)26(31)29-27-23(19-12-6-8-14-22(19)34-27)25(30)28-15-17-9-3-2-4-10-17/h2-5,7,9-11,13H,6,8,12,14-16H2,1H3,(H,28,30)(H,29,31). The summed E-state index contributed by atoms with van der Waals surface area (Å²) >= 11 is 1.50. The molecule has 2 N–H and O–H groups in total. The smallest absolute Gasteiger partial charge is 0.292 e. The van der Waals surface area contributed by atoms with E-state index in [1.54, 1.807) is 7.11 Å². The number of rotatable bonds is 7. The number of amides is 2. The van der Waals surface area contributed by atoms with Gasteiger partial charge >= 0.3 is 0 Å². The van der Waals surface area contributed by atoms with Crippen LogP contribution in [0, 0.1) is 0 Å². The molecule has 2 heterocycles. The van der Waals surface area contributed by atoms with E-state index in [0.717, 1.165) is 42.2 Å². The summed E-state index contributed by atoms with van der Waals surface area (Å²) in [4.78, 5) is 27.8. The second kappa shape index (κ2) is 9.83. The van der Waals surface area contributed by atoms with Gasteiger partial charge < -0.3 is 19.8 Å². The molecule has 0 spiro atoms. The molecule has 0 unspecified atom stereocenters. The van der Waals surface area contributed by atoms with E-state index in [-0.39, 0.29) is 24.2 Å². The van der Waals surface area contributed by atoms with Gasteiger partial charge in [0.25, 0.3) is 11.8 Å². The van der Waals surface area contributed by atoms with Gasteiger partial charge in [0, 0.05) is 29.5 Å².